The molecule has 20 heavy (non-hydrogen) atoms. The minimum atomic E-state index is 0.329. The van der Waals surface area contributed by atoms with E-state index in [0.29, 0.717) is 12.0 Å². The van der Waals surface area contributed by atoms with Crippen LogP contribution in [0.4, 0.5) is 0 Å². The van der Waals surface area contributed by atoms with Gasteiger partial charge in [0.2, 0.25) is 5.89 Å². The van der Waals surface area contributed by atoms with Crippen molar-refractivity contribution in [2.75, 3.05) is 6.54 Å². The highest BCUT2D eigenvalue weighted by Crippen LogP contribution is 2.38. The molecule has 0 aliphatic heterocycles. The monoisotopic (exact) mass is 271 g/mol. The van der Waals surface area contributed by atoms with Crippen LogP contribution >= 0.6 is 0 Å². The van der Waals surface area contributed by atoms with E-state index < -0.39 is 0 Å². The van der Waals surface area contributed by atoms with E-state index >= 15 is 0 Å². The summed E-state index contributed by atoms with van der Waals surface area (Å²) < 4.78 is 5.38. The van der Waals surface area contributed by atoms with Gasteiger partial charge in [-0.25, -0.2) is 0 Å². The van der Waals surface area contributed by atoms with Gasteiger partial charge in [-0.2, -0.15) is 4.98 Å². The Kier molecular flexibility index (Phi) is 3.83. The second-order valence-electron chi connectivity index (χ2n) is 5.50. The fourth-order valence-electron chi connectivity index (χ4n) is 2.79. The molecule has 3 rings (SSSR count). The highest BCUT2D eigenvalue weighted by molar-refractivity contribution is 5.43. The second-order valence-corrected chi connectivity index (χ2v) is 5.50. The number of aryl methyl sites for hydroxylation is 1. The van der Waals surface area contributed by atoms with Crippen LogP contribution < -0.4 is 5.32 Å². The molecule has 2 atom stereocenters. The van der Waals surface area contributed by atoms with Crippen molar-refractivity contribution in [2.45, 2.75) is 45.1 Å². The molecule has 0 fully saturated rings. The number of fused-ring (bicyclic) bond motifs is 1. The van der Waals surface area contributed by atoms with E-state index in [9.17, 15) is 0 Å². The van der Waals surface area contributed by atoms with Gasteiger partial charge < -0.3 is 9.84 Å². The lowest BCUT2D eigenvalue weighted by molar-refractivity contribution is 0.360. The summed E-state index contributed by atoms with van der Waals surface area (Å²) in [6, 6.07) is 8.97. The van der Waals surface area contributed by atoms with E-state index in [0.717, 1.165) is 37.5 Å². The first-order chi connectivity index (χ1) is 9.78. The van der Waals surface area contributed by atoms with Gasteiger partial charge in [0.25, 0.3) is 0 Å². The lowest BCUT2D eigenvalue weighted by Gasteiger charge is -2.27. The van der Waals surface area contributed by atoms with E-state index in [2.05, 4.69) is 53.6 Å². The zero-order valence-corrected chi connectivity index (χ0v) is 12.1. The SMILES string of the molecule is CCNC(C)CCc1nc(C2Cc3ccccc32)no1. The van der Waals surface area contributed by atoms with E-state index in [4.69, 9.17) is 4.52 Å². The molecule has 1 aliphatic rings. The lowest BCUT2D eigenvalue weighted by Crippen LogP contribution is -2.25. The Balaban J connectivity index is 1.61. The average Bonchev–Trinajstić information content (AvgIpc) is 2.87. The zero-order chi connectivity index (χ0) is 13.9. The molecule has 0 radical (unpaired) electrons. The van der Waals surface area contributed by atoms with Crippen molar-refractivity contribution in [3.05, 3.63) is 47.1 Å². The van der Waals surface area contributed by atoms with Gasteiger partial charge in [-0.05, 0) is 37.4 Å². The van der Waals surface area contributed by atoms with Gasteiger partial charge in [0.05, 0.1) is 5.92 Å². The van der Waals surface area contributed by atoms with Gasteiger partial charge >= 0.3 is 0 Å². The highest BCUT2D eigenvalue weighted by atomic mass is 16.5. The number of aromatic nitrogens is 2. The fraction of sp³-hybridized carbons (Fsp3) is 0.500. The van der Waals surface area contributed by atoms with Crippen molar-refractivity contribution in [1.29, 1.82) is 0 Å². The van der Waals surface area contributed by atoms with Crippen molar-refractivity contribution in [2.24, 2.45) is 0 Å². The van der Waals surface area contributed by atoms with E-state index in [1.54, 1.807) is 0 Å². The molecule has 1 N–H and O–H groups in total. The molecule has 1 aromatic carbocycles. The van der Waals surface area contributed by atoms with Crippen molar-refractivity contribution >= 4 is 0 Å². The summed E-state index contributed by atoms with van der Waals surface area (Å²) in [6.07, 6.45) is 2.90. The smallest absolute Gasteiger partial charge is 0.226 e. The molecule has 1 aliphatic carbocycles. The summed E-state index contributed by atoms with van der Waals surface area (Å²) in [4.78, 5) is 4.56. The Morgan fingerprint density at radius 2 is 2.25 bits per heavy atom. The summed E-state index contributed by atoms with van der Waals surface area (Å²) in [5.41, 5.74) is 2.76. The van der Waals surface area contributed by atoms with Gasteiger partial charge in [-0.3, -0.25) is 0 Å². The van der Waals surface area contributed by atoms with Crippen LogP contribution in [0, 0.1) is 0 Å². The number of hydrogen-bond acceptors (Lipinski definition) is 4. The fourth-order valence-corrected chi connectivity index (χ4v) is 2.79. The molecule has 4 heteroatoms. The molecular weight excluding hydrogens is 250 g/mol. The van der Waals surface area contributed by atoms with Crippen LogP contribution in [-0.4, -0.2) is 22.7 Å². The third kappa shape index (κ3) is 2.61. The quantitative estimate of drug-likeness (QED) is 0.877. The summed E-state index contributed by atoms with van der Waals surface area (Å²) in [5.74, 6) is 1.93. The average molecular weight is 271 g/mol. The Bertz CT molecular complexity index is 579. The van der Waals surface area contributed by atoms with Crippen LogP contribution in [0.3, 0.4) is 0 Å². The predicted molar refractivity (Wildman–Crippen MR) is 77.7 cm³/mol. The molecule has 0 saturated carbocycles. The molecule has 0 spiro atoms. The number of nitrogens with zero attached hydrogens (tertiary/aromatic N) is 2. The molecule has 2 aromatic rings. The number of benzene rings is 1. The third-order valence-corrected chi connectivity index (χ3v) is 3.99. The minimum absolute atomic E-state index is 0.329. The van der Waals surface area contributed by atoms with Gasteiger partial charge in [0.1, 0.15) is 0 Å². The lowest BCUT2D eigenvalue weighted by atomic mass is 9.77. The van der Waals surface area contributed by atoms with Crippen LogP contribution in [0.2, 0.25) is 0 Å². The largest absolute Gasteiger partial charge is 0.339 e. The molecule has 4 nitrogen and oxygen atoms in total. The highest BCUT2D eigenvalue weighted by Gasteiger charge is 2.30. The summed E-state index contributed by atoms with van der Waals surface area (Å²) in [5, 5.41) is 7.55. The summed E-state index contributed by atoms with van der Waals surface area (Å²) in [7, 11) is 0. The topological polar surface area (TPSA) is 51.0 Å². The van der Waals surface area contributed by atoms with Crippen LogP contribution in [0.15, 0.2) is 28.8 Å². The summed E-state index contributed by atoms with van der Waals surface area (Å²) >= 11 is 0. The van der Waals surface area contributed by atoms with Crippen molar-refractivity contribution < 1.29 is 4.52 Å². The molecule has 0 saturated heterocycles. The number of nitrogens with one attached hydrogen (secondary N) is 1. The molecule has 0 amide bonds. The number of rotatable bonds is 6. The van der Waals surface area contributed by atoms with Crippen LogP contribution in [0.5, 0.6) is 0 Å². The maximum Gasteiger partial charge on any atom is 0.226 e. The molecule has 1 heterocycles. The maximum absolute atomic E-state index is 5.38. The Labute approximate surface area is 119 Å². The molecule has 1 aromatic heterocycles. The standard InChI is InChI=1S/C16H21N3O/c1-3-17-11(2)8-9-15-18-16(19-20-15)14-10-12-6-4-5-7-13(12)14/h4-7,11,14,17H,3,8-10H2,1-2H3. The first-order valence-corrected chi connectivity index (χ1v) is 7.41. The second kappa shape index (κ2) is 5.75. The molecule has 106 valence electrons. The van der Waals surface area contributed by atoms with E-state index in [1.807, 2.05) is 0 Å². The molecule has 2 unspecified atom stereocenters. The first kappa shape index (κ1) is 13.3. The first-order valence-electron chi connectivity index (χ1n) is 7.41. The Morgan fingerprint density at radius 1 is 1.40 bits per heavy atom. The van der Waals surface area contributed by atoms with Crippen molar-refractivity contribution in [3.63, 3.8) is 0 Å². The zero-order valence-electron chi connectivity index (χ0n) is 12.1. The van der Waals surface area contributed by atoms with Crippen LogP contribution in [0.1, 0.15) is 49.0 Å². The van der Waals surface area contributed by atoms with Crippen molar-refractivity contribution in [1.82, 2.24) is 15.5 Å². The van der Waals surface area contributed by atoms with Gasteiger partial charge in [0, 0.05) is 12.5 Å². The Morgan fingerprint density at radius 3 is 3.05 bits per heavy atom. The van der Waals surface area contributed by atoms with Crippen LogP contribution in [0.25, 0.3) is 0 Å². The maximum atomic E-state index is 5.38. The molecular formula is C16H21N3O. The summed E-state index contributed by atoms with van der Waals surface area (Å²) in [6.45, 7) is 5.30. The van der Waals surface area contributed by atoms with Gasteiger partial charge in [0.15, 0.2) is 5.82 Å². The predicted octanol–water partition coefficient (Wildman–Crippen LogP) is 2.69. The minimum Gasteiger partial charge on any atom is -0.339 e. The normalized spacial score (nSPS) is 18.4. The van der Waals surface area contributed by atoms with Gasteiger partial charge in [-0.15, -0.1) is 0 Å². The van der Waals surface area contributed by atoms with E-state index in [1.165, 1.54) is 11.1 Å². The van der Waals surface area contributed by atoms with Gasteiger partial charge in [-0.1, -0.05) is 36.3 Å². The molecule has 0 bridgehead atoms. The van der Waals surface area contributed by atoms with Crippen molar-refractivity contribution in [3.8, 4) is 0 Å². The Hall–Kier alpha value is -1.68. The number of hydrogen-bond donors (Lipinski definition) is 1. The van der Waals surface area contributed by atoms with E-state index in [-0.39, 0.29) is 0 Å². The van der Waals surface area contributed by atoms with Crippen LogP contribution in [-0.2, 0) is 12.8 Å². The third-order valence-electron chi connectivity index (χ3n) is 3.99.